The van der Waals surface area contributed by atoms with E-state index in [1.54, 1.807) is 34.8 Å². The highest BCUT2D eigenvalue weighted by Crippen LogP contribution is 2.18. The molecule has 4 rings (SSSR count). The van der Waals surface area contributed by atoms with Crippen molar-refractivity contribution < 1.29 is 13.2 Å². The van der Waals surface area contributed by atoms with Crippen molar-refractivity contribution in [2.45, 2.75) is 38.5 Å². The van der Waals surface area contributed by atoms with Gasteiger partial charge in [0.25, 0.3) is 5.91 Å². The van der Waals surface area contributed by atoms with E-state index in [2.05, 4.69) is 10.3 Å². The fraction of sp³-hybridized carbons (Fsp3) is 0.333. The number of hydrogen-bond donors (Lipinski definition) is 1. The van der Waals surface area contributed by atoms with E-state index in [1.807, 2.05) is 42.0 Å². The molecule has 0 atom stereocenters. The van der Waals surface area contributed by atoms with Gasteiger partial charge in [-0.25, -0.2) is 17.7 Å². The van der Waals surface area contributed by atoms with E-state index in [0.717, 1.165) is 36.3 Å². The molecule has 0 aliphatic carbocycles. The lowest BCUT2D eigenvalue weighted by Crippen LogP contribution is -2.36. The van der Waals surface area contributed by atoms with E-state index in [0.29, 0.717) is 30.8 Å². The third kappa shape index (κ3) is 5.08. The van der Waals surface area contributed by atoms with Gasteiger partial charge in [-0.05, 0) is 49.1 Å². The molecule has 1 aromatic heterocycles. The lowest BCUT2D eigenvalue weighted by Gasteiger charge is -2.25. The van der Waals surface area contributed by atoms with Crippen LogP contribution in [0.4, 0.5) is 0 Å². The predicted molar refractivity (Wildman–Crippen MR) is 124 cm³/mol. The van der Waals surface area contributed by atoms with Crippen molar-refractivity contribution in [2.24, 2.45) is 0 Å². The Labute approximate surface area is 189 Å². The van der Waals surface area contributed by atoms with E-state index in [9.17, 15) is 13.2 Å². The Morgan fingerprint density at radius 2 is 1.75 bits per heavy atom. The number of aromatic nitrogens is 2. The number of hydrogen-bond acceptors (Lipinski definition) is 4. The number of para-hydroxylation sites is 1. The van der Waals surface area contributed by atoms with Crippen LogP contribution < -0.4 is 5.32 Å². The van der Waals surface area contributed by atoms with Gasteiger partial charge in [0.05, 0.1) is 11.4 Å². The first-order chi connectivity index (χ1) is 15.4. The van der Waals surface area contributed by atoms with E-state index < -0.39 is 10.0 Å². The van der Waals surface area contributed by atoms with E-state index in [4.69, 9.17) is 0 Å². The monoisotopic (exact) mass is 452 g/mol. The van der Waals surface area contributed by atoms with Crippen LogP contribution in [0.15, 0.2) is 60.9 Å². The van der Waals surface area contributed by atoms with Crippen LogP contribution in [0.2, 0.25) is 0 Å². The van der Waals surface area contributed by atoms with Gasteiger partial charge in [0.15, 0.2) is 0 Å². The molecule has 1 aliphatic rings. The molecule has 0 bridgehead atoms. The summed E-state index contributed by atoms with van der Waals surface area (Å²) in [6.45, 7) is 3.51. The van der Waals surface area contributed by atoms with Gasteiger partial charge in [-0.3, -0.25) is 4.79 Å². The predicted octanol–water partition coefficient (Wildman–Crippen LogP) is 3.43. The maximum atomic E-state index is 12.7. The summed E-state index contributed by atoms with van der Waals surface area (Å²) >= 11 is 0. The van der Waals surface area contributed by atoms with Crippen molar-refractivity contribution in [2.75, 3.05) is 13.1 Å². The highest BCUT2D eigenvalue weighted by atomic mass is 32.2. The quantitative estimate of drug-likeness (QED) is 0.595. The summed E-state index contributed by atoms with van der Waals surface area (Å²) in [4.78, 5) is 16.9. The van der Waals surface area contributed by atoms with Crippen molar-refractivity contribution in [1.29, 1.82) is 0 Å². The van der Waals surface area contributed by atoms with Crippen molar-refractivity contribution in [1.82, 2.24) is 19.2 Å². The third-order valence-electron chi connectivity index (χ3n) is 5.79. The number of rotatable bonds is 7. The van der Waals surface area contributed by atoms with Gasteiger partial charge in [-0.15, -0.1) is 0 Å². The number of carbonyl (C=O) groups excluding carboxylic acids is 1. The molecule has 1 aliphatic heterocycles. The molecule has 3 aromatic rings. The summed E-state index contributed by atoms with van der Waals surface area (Å²) in [6.07, 6.45) is 6.57. The number of imidazole rings is 1. The van der Waals surface area contributed by atoms with E-state index >= 15 is 0 Å². The number of nitrogens with zero attached hydrogens (tertiary/aromatic N) is 3. The molecule has 1 amide bonds. The maximum absolute atomic E-state index is 12.7. The van der Waals surface area contributed by atoms with Crippen LogP contribution in [0, 0.1) is 6.92 Å². The number of carbonyl (C=O) groups is 1. The van der Waals surface area contributed by atoms with Gasteiger partial charge in [-0.1, -0.05) is 36.8 Å². The summed E-state index contributed by atoms with van der Waals surface area (Å²) < 4.78 is 28.8. The Hall–Kier alpha value is -2.97. The maximum Gasteiger partial charge on any atom is 0.251 e. The second-order valence-corrected chi connectivity index (χ2v) is 10.0. The molecule has 0 saturated carbocycles. The van der Waals surface area contributed by atoms with Gasteiger partial charge < -0.3 is 9.88 Å². The number of amides is 1. The molecule has 0 spiro atoms. The summed E-state index contributed by atoms with van der Waals surface area (Å²) in [5.41, 5.74) is 3.14. The third-order valence-corrected chi connectivity index (χ3v) is 7.64. The molecule has 1 saturated heterocycles. The Balaban J connectivity index is 1.39. The van der Waals surface area contributed by atoms with Gasteiger partial charge in [0, 0.05) is 37.6 Å². The Bertz CT molecular complexity index is 1180. The number of benzene rings is 2. The topological polar surface area (TPSA) is 84.3 Å². The van der Waals surface area contributed by atoms with Crippen LogP contribution in [-0.2, 0) is 22.3 Å². The second kappa shape index (κ2) is 9.67. The SMILES string of the molecule is Cc1nccn1-c1ccccc1CNC(=O)c1ccc(CS(=O)(=O)N2CCCCC2)cc1. The lowest BCUT2D eigenvalue weighted by molar-refractivity contribution is 0.0951. The Morgan fingerprint density at radius 1 is 1.03 bits per heavy atom. The molecule has 2 aromatic carbocycles. The standard InChI is InChI=1S/C24H28N4O3S/c1-19-25-13-16-28(19)23-8-4-3-7-22(23)17-26-24(29)21-11-9-20(10-12-21)18-32(30,31)27-14-5-2-6-15-27/h3-4,7-13,16H,2,5-6,14-15,17-18H2,1H3,(H,26,29). The van der Waals surface area contributed by atoms with Crippen molar-refractivity contribution >= 4 is 15.9 Å². The molecule has 0 radical (unpaired) electrons. The van der Waals surface area contributed by atoms with Crippen LogP contribution in [0.3, 0.4) is 0 Å². The number of aryl methyl sites for hydroxylation is 1. The Morgan fingerprint density at radius 3 is 2.44 bits per heavy atom. The molecule has 7 nitrogen and oxygen atoms in total. The van der Waals surface area contributed by atoms with E-state index in [-0.39, 0.29) is 11.7 Å². The number of piperidine rings is 1. The van der Waals surface area contributed by atoms with Crippen molar-refractivity contribution in [3.05, 3.63) is 83.4 Å². The second-order valence-electron chi connectivity index (χ2n) is 8.07. The average molecular weight is 453 g/mol. The molecular formula is C24H28N4O3S. The zero-order valence-corrected chi connectivity index (χ0v) is 19.0. The Kier molecular flexibility index (Phi) is 6.72. The lowest BCUT2D eigenvalue weighted by atomic mass is 10.1. The first-order valence-corrected chi connectivity index (χ1v) is 12.5. The minimum absolute atomic E-state index is 0.0352. The first kappa shape index (κ1) is 22.2. The fourth-order valence-corrected chi connectivity index (χ4v) is 5.61. The largest absolute Gasteiger partial charge is 0.348 e. The van der Waals surface area contributed by atoms with Gasteiger partial charge >= 0.3 is 0 Å². The normalized spacial score (nSPS) is 14.9. The fourth-order valence-electron chi connectivity index (χ4n) is 4.00. The van der Waals surface area contributed by atoms with Crippen molar-refractivity contribution in [3.8, 4) is 5.69 Å². The van der Waals surface area contributed by atoms with E-state index in [1.165, 1.54) is 0 Å². The molecule has 168 valence electrons. The molecular weight excluding hydrogens is 424 g/mol. The van der Waals surface area contributed by atoms with Crippen molar-refractivity contribution in [3.63, 3.8) is 0 Å². The summed E-state index contributed by atoms with van der Waals surface area (Å²) in [7, 11) is -3.32. The molecule has 32 heavy (non-hydrogen) atoms. The minimum Gasteiger partial charge on any atom is -0.348 e. The van der Waals surface area contributed by atoms with Gasteiger partial charge in [-0.2, -0.15) is 0 Å². The summed E-state index contributed by atoms with van der Waals surface area (Å²) in [5, 5.41) is 2.96. The zero-order valence-electron chi connectivity index (χ0n) is 18.2. The smallest absolute Gasteiger partial charge is 0.251 e. The number of sulfonamides is 1. The molecule has 2 heterocycles. The summed E-state index contributed by atoms with van der Waals surface area (Å²) in [5.74, 6) is 0.637. The average Bonchev–Trinajstić information content (AvgIpc) is 3.24. The van der Waals surface area contributed by atoms with Gasteiger partial charge in [0.2, 0.25) is 10.0 Å². The highest BCUT2D eigenvalue weighted by molar-refractivity contribution is 7.88. The van der Waals surface area contributed by atoms with Crippen LogP contribution in [0.1, 0.15) is 46.6 Å². The molecule has 1 N–H and O–H groups in total. The zero-order chi connectivity index (χ0) is 22.6. The highest BCUT2D eigenvalue weighted by Gasteiger charge is 2.24. The number of nitrogens with one attached hydrogen (secondary N) is 1. The summed E-state index contributed by atoms with van der Waals surface area (Å²) in [6, 6.07) is 14.7. The van der Waals surface area contributed by atoms with Crippen LogP contribution in [-0.4, -0.2) is 41.3 Å². The molecule has 8 heteroatoms. The van der Waals surface area contributed by atoms with Gasteiger partial charge in [0.1, 0.15) is 5.82 Å². The molecule has 1 fully saturated rings. The minimum atomic E-state index is -3.32. The van der Waals surface area contributed by atoms with Crippen LogP contribution in [0.25, 0.3) is 5.69 Å². The van der Waals surface area contributed by atoms with Crippen LogP contribution in [0.5, 0.6) is 0 Å². The first-order valence-electron chi connectivity index (χ1n) is 10.9. The molecule has 0 unspecified atom stereocenters. The van der Waals surface area contributed by atoms with Crippen LogP contribution >= 0.6 is 0 Å².